The van der Waals surface area contributed by atoms with E-state index in [4.69, 9.17) is 11.6 Å². The van der Waals surface area contributed by atoms with Crippen molar-refractivity contribution < 1.29 is 14.7 Å². The van der Waals surface area contributed by atoms with Crippen molar-refractivity contribution in [1.29, 1.82) is 0 Å². The molecule has 1 heterocycles. The third-order valence-corrected chi connectivity index (χ3v) is 4.94. The zero-order valence-corrected chi connectivity index (χ0v) is 15.4. The topological polar surface area (TPSA) is 70.0 Å². The third-order valence-electron chi connectivity index (χ3n) is 3.70. The number of thioether (sulfide) groups is 1. The van der Waals surface area contributed by atoms with Gasteiger partial charge in [-0.05, 0) is 54.6 Å². The second kappa shape index (κ2) is 7.76. The smallest absolute Gasteiger partial charge is 0.337 e. The number of amides is 1. The van der Waals surface area contributed by atoms with Crippen molar-refractivity contribution in [1.82, 2.24) is 4.90 Å². The largest absolute Gasteiger partial charge is 0.478 e. The van der Waals surface area contributed by atoms with E-state index in [1.807, 2.05) is 19.1 Å². The normalized spacial score (nSPS) is 17.3. The molecule has 1 aliphatic rings. The lowest BCUT2D eigenvalue weighted by molar-refractivity contribution is -0.122. The van der Waals surface area contributed by atoms with Gasteiger partial charge < -0.3 is 5.11 Å². The molecule has 0 unspecified atom stereocenters. The quantitative estimate of drug-likeness (QED) is 0.775. The van der Waals surface area contributed by atoms with E-state index in [9.17, 15) is 14.7 Å². The Hall–Kier alpha value is -2.57. The van der Waals surface area contributed by atoms with E-state index in [-0.39, 0.29) is 11.5 Å². The number of carboxylic acid groups (broad SMARTS) is 1. The van der Waals surface area contributed by atoms with Crippen LogP contribution in [0.25, 0.3) is 6.08 Å². The summed E-state index contributed by atoms with van der Waals surface area (Å²) in [6, 6.07) is 13.7. The minimum Gasteiger partial charge on any atom is -0.478 e. The van der Waals surface area contributed by atoms with Gasteiger partial charge in [0.15, 0.2) is 5.17 Å². The number of rotatable bonds is 4. The van der Waals surface area contributed by atoms with Crippen LogP contribution in [0, 0.1) is 0 Å². The van der Waals surface area contributed by atoms with E-state index in [0.717, 1.165) is 5.56 Å². The summed E-state index contributed by atoms with van der Waals surface area (Å²) in [6.07, 6.45) is 1.76. The van der Waals surface area contributed by atoms with Gasteiger partial charge in [0.25, 0.3) is 5.91 Å². The highest BCUT2D eigenvalue weighted by Crippen LogP contribution is 2.34. The number of carbonyl (C=O) groups is 2. The maximum absolute atomic E-state index is 12.7. The van der Waals surface area contributed by atoms with Crippen LogP contribution in [0.4, 0.5) is 5.69 Å². The van der Waals surface area contributed by atoms with Crippen LogP contribution in [0.5, 0.6) is 0 Å². The molecular formula is C19H15ClN2O3S. The SMILES string of the molecule is CCN1C(=O)/C(=C/c2cccc(Cl)c2)SC1=Nc1ccccc1C(=O)O. The second-order valence-electron chi connectivity index (χ2n) is 5.43. The molecule has 26 heavy (non-hydrogen) atoms. The molecule has 0 aliphatic carbocycles. The Morgan fingerprint density at radius 2 is 2.04 bits per heavy atom. The molecule has 0 spiro atoms. The molecule has 0 bridgehead atoms. The first-order valence-corrected chi connectivity index (χ1v) is 9.07. The molecule has 0 radical (unpaired) electrons. The van der Waals surface area contributed by atoms with E-state index in [1.165, 1.54) is 22.7 Å². The van der Waals surface area contributed by atoms with Gasteiger partial charge >= 0.3 is 5.97 Å². The Labute approximate surface area is 160 Å². The van der Waals surface area contributed by atoms with Gasteiger partial charge in [-0.1, -0.05) is 35.9 Å². The van der Waals surface area contributed by atoms with Crippen molar-refractivity contribution in [2.45, 2.75) is 6.92 Å². The van der Waals surface area contributed by atoms with Crippen molar-refractivity contribution in [3.63, 3.8) is 0 Å². The Morgan fingerprint density at radius 3 is 2.73 bits per heavy atom. The fourth-order valence-corrected chi connectivity index (χ4v) is 3.73. The molecule has 1 aliphatic heterocycles. The van der Waals surface area contributed by atoms with Crippen LogP contribution in [-0.4, -0.2) is 33.6 Å². The molecule has 132 valence electrons. The van der Waals surface area contributed by atoms with Gasteiger partial charge in [0.05, 0.1) is 16.2 Å². The number of aromatic carboxylic acids is 1. The van der Waals surface area contributed by atoms with Crippen LogP contribution in [-0.2, 0) is 4.79 Å². The number of halogens is 1. The highest BCUT2D eigenvalue weighted by atomic mass is 35.5. The van der Waals surface area contributed by atoms with Crippen molar-refractivity contribution >= 4 is 52.2 Å². The van der Waals surface area contributed by atoms with Crippen molar-refractivity contribution in [2.24, 2.45) is 4.99 Å². The number of hydrogen-bond donors (Lipinski definition) is 1. The number of nitrogens with zero attached hydrogens (tertiary/aromatic N) is 2. The Bertz CT molecular complexity index is 940. The first-order valence-electron chi connectivity index (χ1n) is 7.87. The highest BCUT2D eigenvalue weighted by Gasteiger charge is 2.32. The molecule has 0 saturated carbocycles. The summed E-state index contributed by atoms with van der Waals surface area (Å²) in [5.41, 5.74) is 1.23. The molecule has 1 saturated heterocycles. The van der Waals surface area contributed by atoms with E-state index in [2.05, 4.69) is 4.99 Å². The molecule has 2 aromatic carbocycles. The van der Waals surface area contributed by atoms with E-state index in [1.54, 1.807) is 36.4 Å². The summed E-state index contributed by atoms with van der Waals surface area (Å²) < 4.78 is 0. The summed E-state index contributed by atoms with van der Waals surface area (Å²) in [5, 5.41) is 10.4. The summed E-state index contributed by atoms with van der Waals surface area (Å²) in [7, 11) is 0. The maximum atomic E-state index is 12.7. The number of carboxylic acids is 1. The Balaban J connectivity index is 1.99. The predicted octanol–water partition coefficient (Wildman–Crippen LogP) is 4.66. The molecule has 3 rings (SSSR count). The first kappa shape index (κ1) is 18.2. The average Bonchev–Trinajstić information content (AvgIpc) is 2.90. The number of hydrogen-bond acceptors (Lipinski definition) is 4. The predicted molar refractivity (Wildman–Crippen MR) is 105 cm³/mol. The van der Waals surface area contributed by atoms with Gasteiger partial charge in [-0.15, -0.1) is 0 Å². The fraction of sp³-hybridized carbons (Fsp3) is 0.105. The Kier molecular flexibility index (Phi) is 5.44. The maximum Gasteiger partial charge on any atom is 0.337 e. The molecule has 7 heteroatoms. The summed E-state index contributed by atoms with van der Waals surface area (Å²) in [5.74, 6) is -1.22. The summed E-state index contributed by atoms with van der Waals surface area (Å²) in [6.45, 7) is 2.28. The number of carbonyl (C=O) groups excluding carboxylic acids is 1. The summed E-state index contributed by atoms with van der Waals surface area (Å²) in [4.78, 5) is 30.5. The van der Waals surface area contributed by atoms with E-state index < -0.39 is 5.97 Å². The van der Waals surface area contributed by atoms with Crippen LogP contribution >= 0.6 is 23.4 Å². The minimum absolute atomic E-state index is 0.0939. The highest BCUT2D eigenvalue weighted by molar-refractivity contribution is 8.18. The van der Waals surface area contributed by atoms with Crippen LogP contribution in [0.15, 0.2) is 58.4 Å². The first-order chi connectivity index (χ1) is 12.5. The van der Waals surface area contributed by atoms with Crippen LogP contribution in [0.3, 0.4) is 0 Å². The molecular weight excluding hydrogens is 372 g/mol. The van der Waals surface area contributed by atoms with E-state index >= 15 is 0 Å². The summed E-state index contributed by atoms with van der Waals surface area (Å²) >= 11 is 7.21. The van der Waals surface area contributed by atoms with Crippen molar-refractivity contribution in [2.75, 3.05) is 6.54 Å². The van der Waals surface area contributed by atoms with Gasteiger partial charge in [-0.25, -0.2) is 9.79 Å². The lowest BCUT2D eigenvalue weighted by Crippen LogP contribution is -2.28. The molecule has 1 fully saturated rings. The number of benzene rings is 2. The fourth-order valence-electron chi connectivity index (χ4n) is 2.47. The molecule has 2 aromatic rings. The molecule has 0 aromatic heterocycles. The van der Waals surface area contributed by atoms with Gasteiger partial charge in [-0.3, -0.25) is 9.69 Å². The Morgan fingerprint density at radius 1 is 1.27 bits per heavy atom. The molecule has 0 atom stereocenters. The second-order valence-corrected chi connectivity index (χ2v) is 6.88. The van der Waals surface area contributed by atoms with E-state index in [0.29, 0.717) is 27.3 Å². The zero-order chi connectivity index (χ0) is 18.7. The number of likely N-dealkylation sites (N-methyl/N-ethyl adjacent to an activating group) is 1. The minimum atomic E-state index is -1.06. The number of para-hydroxylation sites is 1. The lowest BCUT2D eigenvalue weighted by Gasteiger charge is -2.12. The number of aliphatic imine (C=N–C) groups is 1. The molecule has 1 N–H and O–H groups in total. The monoisotopic (exact) mass is 386 g/mol. The van der Waals surface area contributed by atoms with Gasteiger partial charge in [-0.2, -0.15) is 0 Å². The molecule has 1 amide bonds. The standard InChI is InChI=1S/C19H15ClN2O3S/c1-2-22-17(23)16(11-12-6-5-7-13(20)10-12)26-19(22)21-15-9-4-3-8-14(15)18(24)25/h3-11H,2H2,1H3,(H,24,25)/b16-11-,21-19?. The van der Waals surface area contributed by atoms with Gasteiger partial charge in [0, 0.05) is 11.6 Å². The average molecular weight is 387 g/mol. The van der Waals surface area contributed by atoms with Gasteiger partial charge in [0.1, 0.15) is 0 Å². The van der Waals surface area contributed by atoms with Crippen LogP contribution in [0.2, 0.25) is 5.02 Å². The number of amidine groups is 1. The van der Waals surface area contributed by atoms with Crippen LogP contribution in [0.1, 0.15) is 22.8 Å². The van der Waals surface area contributed by atoms with Crippen molar-refractivity contribution in [3.05, 3.63) is 69.6 Å². The van der Waals surface area contributed by atoms with Crippen LogP contribution < -0.4 is 0 Å². The third kappa shape index (κ3) is 3.81. The zero-order valence-electron chi connectivity index (χ0n) is 13.8. The van der Waals surface area contributed by atoms with Crippen molar-refractivity contribution in [3.8, 4) is 0 Å². The molecule has 5 nitrogen and oxygen atoms in total. The lowest BCUT2D eigenvalue weighted by atomic mass is 10.2. The van der Waals surface area contributed by atoms with Gasteiger partial charge in [0.2, 0.25) is 0 Å².